The van der Waals surface area contributed by atoms with Gasteiger partial charge in [0, 0.05) is 0 Å². The quantitative estimate of drug-likeness (QED) is 0.285. The average Bonchev–Trinajstić information content (AvgIpc) is 1.35. The molecule has 5 nitrogen and oxygen atoms in total. The number of hydrogen-bond acceptors (Lipinski definition) is 4. The Morgan fingerprint density at radius 3 is 2.29 bits per heavy atom. The Bertz CT molecular complexity index is 79.0. The average molecular weight is 147 g/mol. The molecule has 0 aliphatic carbocycles. The van der Waals surface area contributed by atoms with Crippen LogP contribution in [0.4, 0.5) is 0 Å². The van der Waals surface area contributed by atoms with Crippen molar-refractivity contribution in [3.63, 3.8) is 0 Å². The summed E-state index contributed by atoms with van der Waals surface area (Å²) in [6, 6.07) is 0. The summed E-state index contributed by atoms with van der Waals surface area (Å²) >= 11 is -1.70. The molecule has 0 rings (SSSR count). The van der Waals surface area contributed by atoms with Gasteiger partial charge in [-0.15, -0.1) is 0 Å². The monoisotopic (exact) mass is 147 g/mol. The van der Waals surface area contributed by atoms with E-state index >= 15 is 0 Å². The van der Waals surface area contributed by atoms with Crippen molar-refractivity contribution in [1.29, 1.82) is 0 Å². The second-order valence-corrected chi connectivity index (χ2v) is 0.829. The van der Waals surface area contributed by atoms with Gasteiger partial charge in [0.15, 0.2) is 0 Å². The summed E-state index contributed by atoms with van der Waals surface area (Å²) in [7, 11) is 0. The molecule has 7 heavy (non-hydrogen) atoms. The van der Waals surface area contributed by atoms with E-state index in [0.717, 1.165) is 0 Å². The van der Waals surface area contributed by atoms with Crippen LogP contribution in [0.2, 0.25) is 0 Å². The van der Waals surface area contributed by atoms with Crippen LogP contribution in [0.1, 0.15) is 2.85 Å². The Morgan fingerprint density at radius 2 is 2.29 bits per heavy atom. The minimum absolute atomic E-state index is 0. The van der Waals surface area contributed by atoms with Crippen LogP contribution >= 0.6 is 0 Å². The summed E-state index contributed by atoms with van der Waals surface area (Å²) in [6.45, 7) is 0. The van der Waals surface area contributed by atoms with Crippen molar-refractivity contribution in [3.05, 3.63) is 10.1 Å². The van der Waals surface area contributed by atoms with E-state index in [4.69, 9.17) is 13.9 Å². The normalized spacial score (nSPS) is 5.14. The van der Waals surface area contributed by atoms with Crippen LogP contribution in [-0.4, -0.2) is 58.3 Å². The van der Waals surface area contributed by atoms with Crippen LogP contribution in [0, 0.1) is 10.1 Å². The fourth-order valence-electron chi connectivity index (χ4n) is 0.0351. The molecule has 36 valence electrons. The van der Waals surface area contributed by atoms with Crippen LogP contribution in [0.15, 0.2) is 0 Å². The van der Waals surface area contributed by atoms with Gasteiger partial charge in [-0.3, -0.25) is 0 Å². The molecule has 0 N–H and O–H groups in total. The number of nitrogens with zero attached hydrogens (tertiary/aromatic N) is 1. The van der Waals surface area contributed by atoms with Crippen LogP contribution in [0.5, 0.6) is 0 Å². The first-order valence-electron chi connectivity index (χ1n) is 1.02. The van der Waals surface area contributed by atoms with Crippen LogP contribution in [0.25, 0.3) is 0 Å². The molecule has 0 atom stereocenters. The van der Waals surface area contributed by atoms with Gasteiger partial charge in [-0.05, 0) is 0 Å². The van der Waals surface area contributed by atoms with Crippen molar-refractivity contribution in [2.45, 2.75) is 0 Å². The van der Waals surface area contributed by atoms with E-state index in [1.807, 2.05) is 0 Å². The van der Waals surface area contributed by atoms with Crippen molar-refractivity contribution in [2.24, 2.45) is 0 Å². The molecular weight excluding hydrogens is 145 g/mol. The second-order valence-electron chi connectivity index (χ2n) is 0.425. The summed E-state index contributed by atoms with van der Waals surface area (Å²) in [5.74, 6) is 0. The molecule has 0 aromatic carbocycles. The van der Waals surface area contributed by atoms with Gasteiger partial charge in [0.1, 0.15) is 0 Å². The molecule has 0 bridgehead atoms. The standard InChI is InChI=1S/Al.Ca.NO3.O.2H/c;;2-1(3)4;;;/q+1;+2;-1;;2*-1. The summed E-state index contributed by atoms with van der Waals surface area (Å²) in [5.41, 5.74) is 0. The molecule has 0 unspecified atom stereocenters. The molecule has 0 spiro atoms. The first-order chi connectivity index (χ1) is 2.77. The summed E-state index contributed by atoms with van der Waals surface area (Å²) in [5, 5.41) is 7.91. The molecule has 0 saturated heterocycles. The van der Waals surface area contributed by atoms with Gasteiger partial charge in [0.2, 0.25) is 0 Å². The SMILES string of the molecule is [Ca+2].[H-].[H-].[O]=[Al][O][N+](=O)[O-]. The van der Waals surface area contributed by atoms with Gasteiger partial charge in [-0.2, -0.15) is 0 Å². The third-order valence-electron chi connectivity index (χ3n) is 0.129. The van der Waals surface area contributed by atoms with Crippen molar-refractivity contribution < 1.29 is 15.6 Å². The van der Waals surface area contributed by atoms with Gasteiger partial charge in [-0.25, -0.2) is 0 Å². The summed E-state index contributed by atoms with van der Waals surface area (Å²) in [6.07, 6.45) is 0. The van der Waals surface area contributed by atoms with Gasteiger partial charge in [0.25, 0.3) is 0 Å². The van der Waals surface area contributed by atoms with E-state index in [1.54, 1.807) is 0 Å². The zero-order valence-electron chi connectivity index (χ0n) is 5.36. The third kappa shape index (κ3) is 10.8. The second kappa shape index (κ2) is 6.79. The Labute approximate surface area is 78.4 Å². The Balaban J connectivity index is -0.0000000417. The van der Waals surface area contributed by atoms with E-state index in [2.05, 4.69) is 3.89 Å². The minimum atomic E-state index is -1.70. The first kappa shape index (κ1) is 10.7. The molecule has 0 radical (unpaired) electrons. The molecule has 0 aliphatic rings. The fraction of sp³-hybridized carbons (Fsp3) is 0. The van der Waals surface area contributed by atoms with E-state index in [0.29, 0.717) is 0 Å². The zero-order chi connectivity index (χ0) is 4.99. The Kier molecular flexibility index (Phi) is 10.4. The van der Waals surface area contributed by atoms with E-state index in [1.165, 1.54) is 0 Å². The van der Waals surface area contributed by atoms with Crippen molar-refractivity contribution in [2.75, 3.05) is 0 Å². The zero-order valence-corrected chi connectivity index (χ0v) is 6.73. The van der Waals surface area contributed by atoms with Crippen LogP contribution in [-0.2, 0) is 7.69 Å². The number of rotatable bonds is 2. The first-order valence-corrected chi connectivity index (χ1v) is 1.96. The molecule has 0 saturated carbocycles. The van der Waals surface area contributed by atoms with Crippen molar-refractivity contribution in [3.8, 4) is 0 Å². The molecular formula is H2AlCaNO4. The Hall–Kier alpha value is 0.792. The van der Waals surface area contributed by atoms with Crippen molar-refractivity contribution in [1.82, 2.24) is 0 Å². The summed E-state index contributed by atoms with van der Waals surface area (Å²) < 4.78 is 12.5. The molecule has 0 aromatic heterocycles. The van der Waals surface area contributed by atoms with Gasteiger partial charge >= 0.3 is 76.1 Å². The maximum atomic E-state index is 9.16. The summed E-state index contributed by atoms with van der Waals surface area (Å²) in [4.78, 5) is 9.00. The third-order valence-corrected chi connectivity index (χ3v) is 0.387. The predicted molar refractivity (Wildman–Crippen MR) is 22.5 cm³/mol. The Morgan fingerprint density at radius 1 is 1.86 bits per heavy atom. The van der Waals surface area contributed by atoms with E-state index < -0.39 is 20.6 Å². The molecule has 0 heterocycles. The van der Waals surface area contributed by atoms with E-state index in [9.17, 15) is 0 Å². The molecule has 0 aromatic rings. The molecule has 0 fully saturated rings. The molecule has 0 amide bonds. The fourth-order valence-corrected chi connectivity index (χ4v) is 0.105. The van der Waals surface area contributed by atoms with Gasteiger partial charge in [0.05, 0.1) is 0 Å². The predicted octanol–water partition coefficient (Wildman–Crippen LogP) is -0.996. The molecule has 0 aliphatic heterocycles. The van der Waals surface area contributed by atoms with Crippen LogP contribution < -0.4 is 0 Å². The maximum absolute atomic E-state index is 9.16. The topological polar surface area (TPSA) is 69.4 Å². The van der Waals surface area contributed by atoms with Crippen molar-refractivity contribution >= 4 is 53.2 Å². The van der Waals surface area contributed by atoms with Gasteiger partial charge < -0.3 is 2.85 Å². The van der Waals surface area contributed by atoms with Gasteiger partial charge in [-0.1, -0.05) is 0 Å². The number of hydrogen-bond donors (Lipinski definition) is 0. The van der Waals surface area contributed by atoms with Crippen LogP contribution in [0.3, 0.4) is 0 Å². The van der Waals surface area contributed by atoms with E-state index in [-0.39, 0.29) is 40.6 Å². The molecule has 7 heteroatoms.